The Bertz CT molecular complexity index is 811. The van der Waals surface area contributed by atoms with Crippen LogP contribution in [0, 0.1) is 20.8 Å². The fourth-order valence-electron chi connectivity index (χ4n) is 4.00. The van der Waals surface area contributed by atoms with Gasteiger partial charge in [-0.3, -0.25) is 9.69 Å². The third kappa shape index (κ3) is 4.38. The van der Waals surface area contributed by atoms with E-state index in [2.05, 4.69) is 53.3 Å². The van der Waals surface area contributed by atoms with E-state index >= 15 is 0 Å². The molecule has 1 aliphatic carbocycles. The molecule has 0 spiro atoms. The van der Waals surface area contributed by atoms with E-state index in [1.165, 1.54) is 28.4 Å². The Morgan fingerprint density at radius 3 is 2.15 bits per heavy atom. The molecular formula is C21H28N4OS. The Morgan fingerprint density at radius 2 is 1.59 bits per heavy atom. The summed E-state index contributed by atoms with van der Waals surface area (Å²) in [5, 5.41) is 14.4. The van der Waals surface area contributed by atoms with Crippen LogP contribution in [0.15, 0.2) is 12.1 Å². The summed E-state index contributed by atoms with van der Waals surface area (Å²) in [6, 6.07) is 4.23. The molecule has 0 bridgehead atoms. The molecular weight excluding hydrogens is 356 g/mol. The van der Waals surface area contributed by atoms with Crippen LogP contribution in [0.1, 0.15) is 64.2 Å². The van der Waals surface area contributed by atoms with Gasteiger partial charge >= 0.3 is 0 Å². The Morgan fingerprint density at radius 1 is 1.04 bits per heavy atom. The number of hydrogen-bond donors (Lipinski definition) is 1. The molecule has 2 fully saturated rings. The third-order valence-electron chi connectivity index (χ3n) is 5.63. The first kappa shape index (κ1) is 18.6. The summed E-state index contributed by atoms with van der Waals surface area (Å²) < 4.78 is 0. The van der Waals surface area contributed by atoms with E-state index in [1.54, 1.807) is 0 Å². The van der Waals surface area contributed by atoms with Crippen LogP contribution < -0.4 is 5.32 Å². The van der Waals surface area contributed by atoms with Crippen LogP contribution in [0.2, 0.25) is 0 Å². The highest BCUT2D eigenvalue weighted by atomic mass is 32.1. The van der Waals surface area contributed by atoms with Crippen molar-refractivity contribution in [2.24, 2.45) is 0 Å². The molecule has 1 aromatic carbocycles. The molecule has 1 saturated heterocycles. The number of nitrogens with one attached hydrogen (secondary N) is 1. The second-order valence-corrected chi connectivity index (χ2v) is 9.17. The van der Waals surface area contributed by atoms with Crippen LogP contribution in [-0.4, -0.2) is 40.6 Å². The second-order valence-electron chi connectivity index (χ2n) is 8.13. The van der Waals surface area contributed by atoms with Crippen LogP contribution in [0.3, 0.4) is 0 Å². The SMILES string of the molecule is Cc1cc(C)c(NC(=O)CN2CCC(c3nnc(C4CC4)s3)CC2)c(C)c1. The van der Waals surface area contributed by atoms with Gasteiger partial charge in [0.25, 0.3) is 0 Å². The lowest BCUT2D eigenvalue weighted by Gasteiger charge is -2.30. The summed E-state index contributed by atoms with van der Waals surface area (Å²) in [6.07, 6.45) is 4.69. The molecule has 2 heterocycles. The largest absolute Gasteiger partial charge is 0.324 e. The molecule has 0 atom stereocenters. The first-order valence-electron chi connectivity index (χ1n) is 9.93. The molecule has 2 aliphatic rings. The van der Waals surface area contributed by atoms with Gasteiger partial charge in [-0.05, 0) is 70.7 Å². The summed E-state index contributed by atoms with van der Waals surface area (Å²) in [4.78, 5) is 14.8. The van der Waals surface area contributed by atoms with Gasteiger partial charge < -0.3 is 5.32 Å². The van der Waals surface area contributed by atoms with Crippen molar-refractivity contribution in [2.75, 3.05) is 25.0 Å². The molecule has 2 aromatic rings. The molecule has 6 heteroatoms. The highest BCUT2D eigenvalue weighted by molar-refractivity contribution is 7.11. The van der Waals surface area contributed by atoms with Crippen LogP contribution in [-0.2, 0) is 4.79 Å². The molecule has 1 saturated carbocycles. The first-order chi connectivity index (χ1) is 13.0. The highest BCUT2D eigenvalue weighted by Crippen LogP contribution is 2.43. The standard InChI is InChI=1S/C21H28N4OS/c1-13-10-14(2)19(15(3)11-13)22-18(26)12-25-8-6-17(7-9-25)21-24-23-20(27-21)16-4-5-16/h10-11,16-17H,4-9,12H2,1-3H3,(H,22,26). The number of rotatable bonds is 5. The predicted molar refractivity (Wildman–Crippen MR) is 110 cm³/mol. The number of carbonyl (C=O) groups is 1. The van der Waals surface area contributed by atoms with Gasteiger partial charge in [0.1, 0.15) is 10.0 Å². The average Bonchev–Trinajstić information content (AvgIpc) is 3.36. The van der Waals surface area contributed by atoms with Crippen molar-refractivity contribution in [1.82, 2.24) is 15.1 Å². The Labute approximate surface area is 165 Å². The van der Waals surface area contributed by atoms with Crippen molar-refractivity contribution in [3.8, 4) is 0 Å². The van der Waals surface area contributed by atoms with Crippen LogP contribution >= 0.6 is 11.3 Å². The van der Waals surface area contributed by atoms with Crippen molar-refractivity contribution in [3.05, 3.63) is 38.8 Å². The van der Waals surface area contributed by atoms with Gasteiger partial charge in [0, 0.05) is 17.5 Å². The lowest BCUT2D eigenvalue weighted by Crippen LogP contribution is -2.38. The van der Waals surface area contributed by atoms with Gasteiger partial charge in [0.2, 0.25) is 5.91 Å². The summed E-state index contributed by atoms with van der Waals surface area (Å²) in [5.74, 6) is 1.28. The Kier molecular flexibility index (Phi) is 5.28. The van der Waals surface area contributed by atoms with E-state index in [0.717, 1.165) is 42.7 Å². The third-order valence-corrected chi connectivity index (χ3v) is 6.88. The van der Waals surface area contributed by atoms with E-state index in [9.17, 15) is 4.79 Å². The summed E-state index contributed by atoms with van der Waals surface area (Å²) in [6.45, 7) is 8.55. The Balaban J connectivity index is 1.29. The maximum absolute atomic E-state index is 12.5. The number of aryl methyl sites for hydroxylation is 3. The zero-order valence-electron chi connectivity index (χ0n) is 16.4. The first-order valence-corrected chi connectivity index (χ1v) is 10.7. The smallest absolute Gasteiger partial charge is 0.238 e. The molecule has 1 N–H and O–H groups in total. The molecule has 5 nitrogen and oxygen atoms in total. The van der Waals surface area contributed by atoms with Gasteiger partial charge in [-0.25, -0.2) is 0 Å². The minimum Gasteiger partial charge on any atom is -0.324 e. The van der Waals surface area contributed by atoms with Gasteiger partial charge in [-0.1, -0.05) is 17.7 Å². The van der Waals surface area contributed by atoms with Crippen LogP contribution in [0.5, 0.6) is 0 Å². The molecule has 4 rings (SSSR count). The van der Waals surface area contributed by atoms with Crippen molar-refractivity contribution in [3.63, 3.8) is 0 Å². The number of nitrogens with zero attached hydrogens (tertiary/aromatic N) is 3. The number of aromatic nitrogens is 2. The minimum absolute atomic E-state index is 0.0791. The van der Waals surface area contributed by atoms with E-state index in [-0.39, 0.29) is 5.91 Å². The lowest BCUT2D eigenvalue weighted by atomic mass is 9.97. The number of likely N-dealkylation sites (tertiary alicyclic amines) is 1. The van der Waals surface area contributed by atoms with Gasteiger partial charge in [-0.15, -0.1) is 21.5 Å². The molecule has 0 radical (unpaired) electrons. The molecule has 1 amide bonds. The summed E-state index contributed by atoms with van der Waals surface area (Å²) >= 11 is 1.81. The number of amides is 1. The molecule has 27 heavy (non-hydrogen) atoms. The molecule has 1 aromatic heterocycles. The van der Waals surface area contributed by atoms with Crippen LogP contribution in [0.4, 0.5) is 5.69 Å². The average molecular weight is 385 g/mol. The Hall–Kier alpha value is -1.79. The molecule has 144 valence electrons. The zero-order valence-corrected chi connectivity index (χ0v) is 17.2. The lowest BCUT2D eigenvalue weighted by molar-refractivity contribution is -0.117. The van der Waals surface area contributed by atoms with Crippen molar-refractivity contribution in [2.45, 2.75) is 58.3 Å². The van der Waals surface area contributed by atoms with E-state index < -0.39 is 0 Å². The van der Waals surface area contributed by atoms with Crippen molar-refractivity contribution in [1.29, 1.82) is 0 Å². The predicted octanol–water partition coefficient (Wildman–Crippen LogP) is 4.16. The van der Waals surface area contributed by atoms with Gasteiger partial charge in [0.15, 0.2) is 0 Å². The normalized spacial score (nSPS) is 18.6. The fourth-order valence-corrected chi connectivity index (χ4v) is 5.19. The van der Waals surface area contributed by atoms with E-state index in [0.29, 0.717) is 18.4 Å². The van der Waals surface area contributed by atoms with E-state index in [1.807, 2.05) is 11.3 Å². The van der Waals surface area contributed by atoms with Crippen LogP contribution in [0.25, 0.3) is 0 Å². The number of hydrogen-bond acceptors (Lipinski definition) is 5. The number of benzene rings is 1. The quantitative estimate of drug-likeness (QED) is 0.841. The zero-order chi connectivity index (χ0) is 19.0. The highest BCUT2D eigenvalue weighted by Gasteiger charge is 2.30. The maximum atomic E-state index is 12.5. The number of piperidine rings is 1. The van der Waals surface area contributed by atoms with Gasteiger partial charge in [0.05, 0.1) is 6.54 Å². The maximum Gasteiger partial charge on any atom is 0.238 e. The van der Waals surface area contributed by atoms with E-state index in [4.69, 9.17) is 0 Å². The van der Waals surface area contributed by atoms with Crippen molar-refractivity contribution >= 4 is 22.9 Å². The number of carbonyl (C=O) groups excluding carboxylic acids is 1. The topological polar surface area (TPSA) is 58.1 Å². The molecule has 1 aliphatic heterocycles. The fraction of sp³-hybridized carbons (Fsp3) is 0.571. The summed E-state index contributed by atoms with van der Waals surface area (Å²) in [7, 11) is 0. The monoisotopic (exact) mass is 384 g/mol. The number of anilines is 1. The summed E-state index contributed by atoms with van der Waals surface area (Å²) in [5.41, 5.74) is 4.44. The minimum atomic E-state index is 0.0791. The van der Waals surface area contributed by atoms with Crippen molar-refractivity contribution < 1.29 is 4.79 Å². The second kappa shape index (κ2) is 7.68. The van der Waals surface area contributed by atoms with Gasteiger partial charge in [-0.2, -0.15) is 0 Å². The molecule has 0 unspecified atom stereocenters.